The van der Waals surface area contributed by atoms with Gasteiger partial charge >= 0.3 is 0 Å². The van der Waals surface area contributed by atoms with Crippen molar-refractivity contribution >= 4 is 29.9 Å². The fourth-order valence-corrected chi connectivity index (χ4v) is 3.36. The van der Waals surface area contributed by atoms with Crippen molar-refractivity contribution in [1.82, 2.24) is 15.6 Å². The molecule has 1 atom stereocenters. The highest BCUT2D eigenvalue weighted by Gasteiger charge is 2.21. The van der Waals surface area contributed by atoms with Crippen LogP contribution in [0, 0.1) is 6.92 Å². The summed E-state index contributed by atoms with van der Waals surface area (Å²) in [4.78, 5) is 9.05. The lowest BCUT2D eigenvalue weighted by Gasteiger charge is -2.28. The first-order valence-corrected chi connectivity index (χ1v) is 10.0. The van der Waals surface area contributed by atoms with E-state index >= 15 is 0 Å². The molecule has 0 aliphatic carbocycles. The number of aliphatic imine (C=N–C) groups is 1. The number of nitrogens with one attached hydrogen (secondary N) is 2. The Bertz CT molecular complexity index is 985. The Morgan fingerprint density at radius 1 is 1.17 bits per heavy atom. The number of oxazole rings is 1. The van der Waals surface area contributed by atoms with E-state index in [1.54, 1.807) is 6.20 Å². The van der Waals surface area contributed by atoms with E-state index in [1.165, 1.54) is 5.56 Å². The molecule has 0 saturated heterocycles. The van der Waals surface area contributed by atoms with Gasteiger partial charge in [0.2, 0.25) is 5.89 Å². The van der Waals surface area contributed by atoms with E-state index < -0.39 is 0 Å². The van der Waals surface area contributed by atoms with Crippen molar-refractivity contribution in [1.29, 1.82) is 0 Å². The second-order valence-corrected chi connectivity index (χ2v) is 7.05. The molecule has 1 unspecified atom stereocenters. The number of halogens is 1. The van der Waals surface area contributed by atoms with E-state index in [0.29, 0.717) is 19.0 Å². The van der Waals surface area contributed by atoms with E-state index in [-0.39, 0.29) is 30.0 Å². The predicted octanol–water partition coefficient (Wildman–Crippen LogP) is 4.85. The Labute approximate surface area is 194 Å². The molecule has 1 aromatic heterocycles. The highest BCUT2D eigenvalue weighted by molar-refractivity contribution is 14.0. The Kier molecular flexibility index (Phi) is 7.73. The van der Waals surface area contributed by atoms with E-state index in [4.69, 9.17) is 9.15 Å². The molecule has 1 aliphatic heterocycles. The number of rotatable bonds is 5. The molecular formula is C23H27IN4O2. The van der Waals surface area contributed by atoms with E-state index in [9.17, 15) is 0 Å². The molecule has 0 radical (unpaired) electrons. The average molecular weight is 518 g/mol. The van der Waals surface area contributed by atoms with Crippen LogP contribution in [0.3, 0.4) is 0 Å². The Hall–Kier alpha value is -2.55. The number of aromatic nitrogens is 1. The second kappa shape index (κ2) is 10.5. The zero-order chi connectivity index (χ0) is 20.1. The van der Waals surface area contributed by atoms with Crippen LogP contribution in [0.1, 0.15) is 36.4 Å². The molecule has 2 heterocycles. The summed E-state index contributed by atoms with van der Waals surface area (Å²) in [6, 6.07) is 16.5. The molecule has 7 heteroatoms. The molecule has 30 heavy (non-hydrogen) atoms. The monoisotopic (exact) mass is 518 g/mol. The predicted molar refractivity (Wildman–Crippen MR) is 129 cm³/mol. The van der Waals surface area contributed by atoms with Gasteiger partial charge in [0, 0.05) is 24.1 Å². The summed E-state index contributed by atoms with van der Waals surface area (Å²) in [7, 11) is 0. The van der Waals surface area contributed by atoms with Gasteiger partial charge in [0.15, 0.2) is 11.7 Å². The second-order valence-electron chi connectivity index (χ2n) is 7.05. The Morgan fingerprint density at radius 2 is 1.97 bits per heavy atom. The fourth-order valence-electron chi connectivity index (χ4n) is 3.36. The topological polar surface area (TPSA) is 71.7 Å². The summed E-state index contributed by atoms with van der Waals surface area (Å²) in [5.74, 6) is 3.02. The number of aryl methyl sites for hydroxylation is 1. The number of benzene rings is 2. The SMILES string of the molecule is CCNC(=NCc1ncc(-c2ccc(C)cc2)o1)NC1CCOc2ccccc21.I. The number of guanidine groups is 1. The smallest absolute Gasteiger partial charge is 0.216 e. The van der Waals surface area contributed by atoms with Crippen LogP contribution in [0.4, 0.5) is 0 Å². The highest BCUT2D eigenvalue weighted by atomic mass is 127. The van der Waals surface area contributed by atoms with E-state index in [0.717, 1.165) is 41.6 Å². The molecule has 2 aromatic carbocycles. The van der Waals surface area contributed by atoms with Gasteiger partial charge in [-0.1, -0.05) is 48.0 Å². The van der Waals surface area contributed by atoms with Crippen LogP contribution in [0.15, 0.2) is 64.1 Å². The van der Waals surface area contributed by atoms with Crippen molar-refractivity contribution in [2.75, 3.05) is 13.2 Å². The van der Waals surface area contributed by atoms with Crippen molar-refractivity contribution in [3.8, 4) is 17.1 Å². The zero-order valence-corrected chi connectivity index (χ0v) is 19.6. The summed E-state index contributed by atoms with van der Waals surface area (Å²) in [5, 5.41) is 6.82. The maximum Gasteiger partial charge on any atom is 0.216 e. The van der Waals surface area contributed by atoms with Gasteiger partial charge in [-0.05, 0) is 19.9 Å². The number of nitrogens with zero attached hydrogens (tertiary/aromatic N) is 2. The molecule has 0 saturated carbocycles. The van der Waals surface area contributed by atoms with E-state index in [2.05, 4.69) is 52.7 Å². The van der Waals surface area contributed by atoms with Crippen molar-refractivity contribution < 1.29 is 9.15 Å². The Morgan fingerprint density at radius 3 is 2.77 bits per heavy atom. The first-order valence-electron chi connectivity index (χ1n) is 10.0. The van der Waals surface area contributed by atoms with Gasteiger partial charge in [0.05, 0.1) is 18.8 Å². The van der Waals surface area contributed by atoms with Crippen LogP contribution in [-0.4, -0.2) is 24.1 Å². The summed E-state index contributed by atoms with van der Waals surface area (Å²) in [6.07, 6.45) is 2.64. The minimum absolute atomic E-state index is 0. The third kappa shape index (κ3) is 5.33. The molecule has 3 aromatic rings. The number of ether oxygens (including phenoxy) is 1. The molecule has 1 aliphatic rings. The lowest BCUT2D eigenvalue weighted by molar-refractivity contribution is 0.261. The van der Waals surface area contributed by atoms with Crippen molar-refractivity contribution in [3.05, 3.63) is 71.7 Å². The number of para-hydroxylation sites is 1. The normalized spacial score (nSPS) is 15.5. The third-order valence-corrected chi connectivity index (χ3v) is 4.88. The molecule has 0 amide bonds. The van der Waals surface area contributed by atoms with Crippen LogP contribution in [-0.2, 0) is 6.54 Å². The lowest BCUT2D eigenvalue weighted by atomic mass is 10.0. The third-order valence-electron chi connectivity index (χ3n) is 4.88. The van der Waals surface area contributed by atoms with Crippen molar-refractivity contribution in [2.45, 2.75) is 32.9 Å². The minimum atomic E-state index is 0. The van der Waals surface area contributed by atoms with Crippen LogP contribution in [0.2, 0.25) is 0 Å². The largest absolute Gasteiger partial charge is 0.493 e. The summed E-state index contributed by atoms with van der Waals surface area (Å²) < 4.78 is 11.6. The van der Waals surface area contributed by atoms with Crippen molar-refractivity contribution in [3.63, 3.8) is 0 Å². The van der Waals surface area contributed by atoms with Crippen LogP contribution >= 0.6 is 24.0 Å². The lowest BCUT2D eigenvalue weighted by Crippen LogP contribution is -2.41. The zero-order valence-electron chi connectivity index (χ0n) is 17.2. The first kappa shape index (κ1) is 22.1. The fraction of sp³-hybridized carbons (Fsp3) is 0.304. The maximum atomic E-state index is 5.89. The molecule has 0 spiro atoms. The number of hydrogen-bond donors (Lipinski definition) is 2. The van der Waals surface area contributed by atoms with Crippen molar-refractivity contribution in [2.24, 2.45) is 4.99 Å². The molecule has 0 bridgehead atoms. The quantitative estimate of drug-likeness (QED) is 0.287. The Balaban J connectivity index is 0.00000256. The molecule has 2 N–H and O–H groups in total. The first-order chi connectivity index (χ1) is 14.2. The van der Waals surface area contributed by atoms with Gasteiger partial charge in [-0.2, -0.15) is 0 Å². The molecular weight excluding hydrogens is 491 g/mol. The van der Waals surface area contributed by atoms with Gasteiger partial charge in [0.25, 0.3) is 0 Å². The van der Waals surface area contributed by atoms with E-state index in [1.807, 2.05) is 30.3 Å². The van der Waals surface area contributed by atoms with Crippen LogP contribution < -0.4 is 15.4 Å². The summed E-state index contributed by atoms with van der Waals surface area (Å²) in [6.45, 7) is 5.95. The molecule has 6 nitrogen and oxygen atoms in total. The van der Waals surface area contributed by atoms with Crippen LogP contribution in [0.5, 0.6) is 5.75 Å². The van der Waals surface area contributed by atoms with Gasteiger partial charge < -0.3 is 19.8 Å². The molecule has 4 rings (SSSR count). The van der Waals surface area contributed by atoms with Gasteiger partial charge in [-0.15, -0.1) is 24.0 Å². The molecule has 158 valence electrons. The average Bonchev–Trinajstić information content (AvgIpc) is 3.22. The number of fused-ring (bicyclic) bond motifs is 1. The maximum absolute atomic E-state index is 5.89. The molecule has 0 fully saturated rings. The summed E-state index contributed by atoms with van der Waals surface area (Å²) >= 11 is 0. The van der Waals surface area contributed by atoms with Gasteiger partial charge in [-0.3, -0.25) is 0 Å². The minimum Gasteiger partial charge on any atom is -0.493 e. The number of hydrogen-bond acceptors (Lipinski definition) is 4. The highest BCUT2D eigenvalue weighted by Crippen LogP contribution is 2.31. The summed E-state index contributed by atoms with van der Waals surface area (Å²) in [5.41, 5.74) is 3.39. The van der Waals surface area contributed by atoms with Crippen LogP contribution in [0.25, 0.3) is 11.3 Å². The van der Waals surface area contributed by atoms with Gasteiger partial charge in [0.1, 0.15) is 12.3 Å². The van der Waals surface area contributed by atoms with Gasteiger partial charge in [-0.25, -0.2) is 9.98 Å². The standard InChI is InChI=1S/C23H26N4O2.HI/c1-3-24-23(27-19-12-13-28-20-7-5-4-6-18(19)20)26-15-22-25-14-21(29-22)17-10-8-16(2)9-11-17;/h4-11,14,19H,3,12-13,15H2,1-2H3,(H2,24,26,27);1H.